The van der Waals surface area contributed by atoms with Crippen molar-refractivity contribution >= 4 is 22.8 Å². The summed E-state index contributed by atoms with van der Waals surface area (Å²) in [4.78, 5) is 22.5. The number of nitrogens with zero attached hydrogens (tertiary/aromatic N) is 5. The van der Waals surface area contributed by atoms with Crippen molar-refractivity contribution in [3.05, 3.63) is 37.2 Å². The molecule has 2 aromatic heterocycles. The zero-order valence-electron chi connectivity index (χ0n) is 17.0. The van der Waals surface area contributed by atoms with E-state index in [1.165, 1.54) is 12.4 Å². The lowest BCUT2D eigenvalue weighted by Gasteiger charge is -2.32. The highest BCUT2D eigenvalue weighted by Crippen LogP contribution is 2.37. The number of aromatic nitrogens is 4. The minimum Gasteiger partial charge on any atom is -0.493 e. The smallest absolute Gasteiger partial charge is 0.246 e. The molecule has 0 bridgehead atoms. The highest BCUT2D eigenvalue weighted by Gasteiger charge is 2.28. The van der Waals surface area contributed by atoms with Crippen LogP contribution in [-0.2, 0) is 4.79 Å². The van der Waals surface area contributed by atoms with E-state index in [0.29, 0.717) is 47.1 Å². The topological polar surface area (TPSA) is 108 Å². The lowest BCUT2D eigenvalue weighted by Crippen LogP contribution is -2.40. The summed E-state index contributed by atoms with van der Waals surface area (Å²) >= 11 is 0. The van der Waals surface area contributed by atoms with Crippen LogP contribution in [0.25, 0.3) is 22.3 Å². The molecule has 1 saturated heterocycles. The molecular formula is C21H24N6O3. The van der Waals surface area contributed by atoms with Gasteiger partial charge in [0.15, 0.2) is 17.1 Å². The molecule has 1 aliphatic heterocycles. The maximum absolute atomic E-state index is 12.1. The van der Waals surface area contributed by atoms with Crippen LogP contribution in [0.5, 0.6) is 11.5 Å². The maximum Gasteiger partial charge on any atom is 0.246 e. The van der Waals surface area contributed by atoms with Gasteiger partial charge in [-0.05, 0) is 37.1 Å². The van der Waals surface area contributed by atoms with Gasteiger partial charge in [0.25, 0.3) is 0 Å². The monoisotopic (exact) mass is 408 g/mol. The third-order valence-corrected chi connectivity index (χ3v) is 5.40. The Balaban J connectivity index is 1.83. The van der Waals surface area contributed by atoms with Gasteiger partial charge < -0.3 is 20.1 Å². The van der Waals surface area contributed by atoms with Crippen LogP contribution >= 0.6 is 0 Å². The quantitative estimate of drug-likeness (QED) is 0.646. The predicted octanol–water partition coefficient (Wildman–Crippen LogP) is 2.44. The number of fused-ring (bicyclic) bond motifs is 1. The number of nitrogens with two attached hydrogens (primary N) is 1. The van der Waals surface area contributed by atoms with Crippen LogP contribution in [0.15, 0.2) is 37.2 Å². The predicted molar refractivity (Wildman–Crippen MR) is 113 cm³/mol. The Morgan fingerprint density at radius 2 is 2.07 bits per heavy atom. The van der Waals surface area contributed by atoms with Crippen LogP contribution in [0.4, 0.5) is 5.82 Å². The number of ether oxygens (including phenoxy) is 2. The Bertz CT molecular complexity index is 1110. The molecule has 1 aromatic carbocycles. The summed E-state index contributed by atoms with van der Waals surface area (Å²) in [6, 6.07) is 5.55. The summed E-state index contributed by atoms with van der Waals surface area (Å²) < 4.78 is 12.6. The molecule has 0 unspecified atom stereocenters. The van der Waals surface area contributed by atoms with Gasteiger partial charge >= 0.3 is 0 Å². The van der Waals surface area contributed by atoms with Gasteiger partial charge in [-0.1, -0.05) is 6.58 Å². The van der Waals surface area contributed by atoms with Crippen molar-refractivity contribution in [1.82, 2.24) is 24.6 Å². The van der Waals surface area contributed by atoms with E-state index < -0.39 is 0 Å². The van der Waals surface area contributed by atoms with E-state index >= 15 is 0 Å². The van der Waals surface area contributed by atoms with Gasteiger partial charge in [0.05, 0.1) is 25.6 Å². The van der Waals surface area contributed by atoms with E-state index in [1.54, 1.807) is 19.1 Å². The van der Waals surface area contributed by atoms with Crippen molar-refractivity contribution in [3.8, 4) is 22.8 Å². The summed E-state index contributed by atoms with van der Waals surface area (Å²) in [6.07, 6.45) is 4.54. The number of piperidine rings is 1. The van der Waals surface area contributed by atoms with E-state index in [4.69, 9.17) is 20.3 Å². The standard InChI is InChI=1S/C21H24N6O3/c1-4-17(28)26-9-5-6-14(11-26)27-21-18(20(22)23-12-24-21)19(25-27)13-7-8-15(29-2)16(10-13)30-3/h4,7-8,10,12,14H,1,5-6,9,11H2,2-3H3,(H2,22,23,24)/t14-/m1/s1. The zero-order chi connectivity index (χ0) is 21.3. The second kappa shape index (κ2) is 8.02. The number of likely N-dealkylation sites (tertiary alicyclic amines) is 1. The fourth-order valence-electron chi connectivity index (χ4n) is 3.92. The Kier molecular flexibility index (Phi) is 5.26. The van der Waals surface area contributed by atoms with Crippen LogP contribution in [0.1, 0.15) is 18.9 Å². The van der Waals surface area contributed by atoms with Crippen molar-refractivity contribution in [2.75, 3.05) is 33.0 Å². The molecule has 1 atom stereocenters. The number of benzene rings is 1. The Hall–Kier alpha value is -3.62. The second-order valence-corrected chi connectivity index (χ2v) is 7.10. The molecule has 1 aliphatic rings. The first-order valence-electron chi connectivity index (χ1n) is 9.69. The molecular weight excluding hydrogens is 384 g/mol. The lowest BCUT2D eigenvalue weighted by atomic mass is 10.1. The molecule has 1 fully saturated rings. The zero-order valence-corrected chi connectivity index (χ0v) is 17.0. The summed E-state index contributed by atoms with van der Waals surface area (Å²) in [5.74, 6) is 1.49. The molecule has 3 heterocycles. The number of hydrogen-bond acceptors (Lipinski definition) is 7. The van der Waals surface area contributed by atoms with E-state index in [0.717, 1.165) is 18.4 Å². The number of carbonyl (C=O) groups excluding carboxylic acids is 1. The molecule has 0 spiro atoms. The fourth-order valence-corrected chi connectivity index (χ4v) is 3.92. The van der Waals surface area contributed by atoms with E-state index in [1.807, 2.05) is 22.9 Å². The normalized spacial score (nSPS) is 16.5. The first-order valence-corrected chi connectivity index (χ1v) is 9.69. The third-order valence-electron chi connectivity index (χ3n) is 5.40. The van der Waals surface area contributed by atoms with Crippen LogP contribution < -0.4 is 15.2 Å². The van der Waals surface area contributed by atoms with Crippen LogP contribution in [0.3, 0.4) is 0 Å². The lowest BCUT2D eigenvalue weighted by molar-refractivity contribution is -0.127. The van der Waals surface area contributed by atoms with Gasteiger partial charge in [0.2, 0.25) is 5.91 Å². The van der Waals surface area contributed by atoms with Gasteiger partial charge in [-0.25, -0.2) is 14.6 Å². The molecule has 0 radical (unpaired) electrons. The fraction of sp³-hybridized carbons (Fsp3) is 0.333. The van der Waals surface area contributed by atoms with E-state index in [2.05, 4.69) is 16.5 Å². The van der Waals surface area contributed by atoms with Gasteiger partial charge in [-0.3, -0.25) is 4.79 Å². The first-order chi connectivity index (χ1) is 14.6. The molecule has 9 heteroatoms. The molecule has 3 aromatic rings. The number of carbonyl (C=O) groups is 1. The molecule has 30 heavy (non-hydrogen) atoms. The first kappa shape index (κ1) is 19.7. The average molecular weight is 408 g/mol. The van der Waals surface area contributed by atoms with Gasteiger partial charge in [0.1, 0.15) is 17.8 Å². The third kappa shape index (κ3) is 3.32. The Morgan fingerprint density at radius 3 is 2.80 bits per heavy atom. The van der Waals surface area contributed by atoms with Crippen molar-refractivity contribution in [2.45, 2.75) is 18.9 Å². The number of hydrogen-bond donors (Lipinski definition) is 1. The molecule has 1 amide bonds. The van der Waals surface area contributed by atoms with Gasteiger partial charge in [0, 0.05) is 18.7 Å². The summed E-state index contributed by atoms with van der Waals surface area (Å²) in [5, 5.41) is 5.55. The van der Waals surface area contributed by atoms with Crippen LogP contribution in [0, 0.1) is 0 Å². The average Bonchev–Trinajstić information content (AvgIpc) is 3.19. The highest BCUT2D eigenvalue weighted by molar-refractivity contribution is 5.98. The number of methoxy groups -OCH3 is 2. The summed E-state index contributed by atoms with van der Waals surface area (Å²) in [7, 11) is 3.18. The van der Waals surface area contributed by atoms with Crippen molar-refractivity contribution in [1.29, 1.82) is 0 Å². The summed E-state index contributed by atoms with van der Waals surface area (Å²) in [6.45, 7) is 4.84. The highest BCUT2D eigenvalue weighted by atomic mass is 16.5. The molecule has 156 valence electrons. The van der Waals surface area contributed by atoms with Crippen molar-refractivity contribution < 1.29 is 14.3 Å². The number of anilines is 1. The molecule has 0 aliphatic carbocycles. The van der Waals surface area contributed by atoms with E-state index in [-0.39, 0.29) is 11.9 Å². The molecule has 9 nitrogen and oxygen atoms in total. The number of rotatable bonds is 5. The van der Waals surface area contributed by atoms with Crippen LogP contribution in [-0.4, -0.2) is 57.9 Å². The Morgan fingerprint density at radius 1 is 1.27 bits per heavy atom. The molecule has 2 N–H and O–H groups in total. The SMILES string of the molecule is C=CC(=O)N1CCC[C@@H](n2nc(-c3ccc(OC)c(OC)c3)c3c(N)ncnc32)C1. The Labute approximate surface area is 174 Å². The number of nitrogen functional groups attached to an aromatic ring is 1. The molecule has 0 saturated carbocycles. The second-order valence-electron chi connectivity index (χ2n) is 7.10. The number of amides is 1. The largest absolute Gasteiger partial charge is 0.493 e. The van der Waals surface area contributed by atoms with E-state index in [9.17, 15) is 4.79 Å². The molecule has 4 rings (SSSR count). The van der Waals surface area contributed by atoms with Gasteiger partial charge in [-0.2, -0.15) is 5.10 Å². The van der Waals surface area contributed by atoms with Gasteiger partial charge in [-0.15, -0.1) is 0 Å². The maximum atomic E-state index is 12.1. The minimum absolute atomic E-state index is 0.0201. The van der Waals surface area contributed by atoms with Crippen molar-refractivity contribution in [3.63, 3.8) is 0 Å². The minimum atomic E-state index is -0.0783. The van der Waals surface area contributed by atoms with Crippen LogP contribution in [0.2, 0.25) is 0 Å². The van der Waals surface area contributed by atoms with Crippen molar-refractivity contribution in [2.24, 2.45) is 0 Å². The summed E-state index contributed by atoms with van der Waals surface area (Å²) in [5.41, 5.74) is 8.34.